The van der Waals surface area contributed by atoms with Crippen LogP contribution in [0.4, 0.5) is 5.82 Å². The molecule has 2 rings (SSSR count). The lowest BCUT2D eigenvalue weighted by molar-refractivity contribution is 0.718. The Morgan fingerprint density at radius 3 is 3.00 bits per heavy atom. The summed E-state index contributed by atoms with van der Waals surface area (Å²) in [5, 5.41) is 9.80. The molecule has 0 spiro atoms. The van der Waals surface area contributed by atoms with Crippen LogP contribution in [0.2, 0.25) is 0 Å². The van der Waals surface area contributed by atoms with Crippen LogP contribution in [0.25, 0.3) is 0 Å². The van der Waals surface area contributed by atoms with E-state index in [1.54, 1.807) is 23.2 Å². The predicted molar refractivity (Wildman–Crippen MR) is 64.8 cm³/mol. The van der Waals surface area contributed by atoms with E-state index in [9.17, 15) is 4.79 Å². The van der Waals surface area contributed by atoms with E-state index in [1.807, 2.05) is 13.8 Å². The Morgan fingerprint density at radius 1 is 1.53 bits per heavy atom. The fourth-order valence-electron chi connectivity index (χ4n) is 1.55. The summed E-state index contributed by atoms with van der Waals surface area (Å²) in [5.41, 5.74) is 1.92. The molecule has 17 heavy (non-hydrogen) atoms. The minimum absolute atomic E-state index is 0.101. The molecule has 0 saturated heterocycles. The van der Waals surface area contributed by atoms with Crippen molar-refractivity contribution in [1.29, 1.82) is 0 Å². The van der Waals surface area contributed by atoms with Crippen LogP contribution in [-0.2, 0) is 13.1 Å². The van der Waals surface area contributed by atoms with Gasteiger partial charge in [-0.25, -0.2) is 4.98 Å². The van der Waals surface area contributed by atoms with Gasteiger partial charge in [0, 0.05) is 36.7 Å². The molecule has 0 aromatic carbocycles. The molecule has 0 unspecified atom stereocenters. The summed E-state index contributed by atoms with van der Waals surface area (Å²) in [6.45, 7) is 5.04. The molecule has 0 atom stereocenters. The van der Waals surface area contributed by atoms with Crippen LogP contribution in [0, 0.1) is 6.92 Å². The molecule has 2 aromatic rings. The highest BCUT2D eigenvalue weighted by Gasteiger charge is 2.05. The molecule has 0 aliphatic rings. The number of nitrogens with zero attached hydrogens (tertiary/aromatic N) is 3. The highest BCUT2D eigenvalue weighted by molar-refractivity contribution is 5.33. The quantitative estimate of drug-likeness (QED) is 0.823. The van der Waals surface area contributed by atoms with Crippen LogP contribution in [0.15, 0.2) is 23.4 Å². The maximum atomic E-state index is 11.9. The van der Waals surface area contributed by atoms with Crippen LogP contribution in [0.5, 0.6) is 0 Å². The number of aryl methyl sites for hydroxylation is 2. The van der Waals surface area contributed by atoms with E-state index in [0.717, 1.165) is 11.3 Å². The number of rotatable bonds is 4. The number of nitrogens with one attached hydrogen (secondary N) is 2. The van der Waals surface area contributed by atoms with Crippen molar-refractivity contribution in [2.24, 2.45) is 0 Å². The zero-order valence-electron chi connectivity index (χ0n) is 9.90. The number of anilines is 1. The summed E-state index contributed by atoms with van der Waals surface area (Å²) >= 11 is 0. The van der Waals surface area contributed by atoms with Crippen LogP contribution in [-0.4, -0.2) is 19.7 Å². The van der Waals surface area contributed by atoms with Crippen molar-refractivity contribution in [3.63, 3.8) is 0 Å². The molecule has 0 bridgehead atoms. The van der Waals surface area contributed by atoms with Gasteiger partial charge >= 0.3 is 0 Å². The molecule has 0 saturated carbocycles. The van der Waals surface area contributed by atoms with E-state index in [2.05, 4.69) is 20.5 Å². The third-order valence-corrected chi connectivity index (χ3v) is 2.63. The van der Waals surface area contributed by atoms with E-state index in [4.69, 9.17) is 0 Å². The molecule has 2 aromatic heterocycles. The lowest BCUT2D eigenvalue weighted by Crippen LogP contribution is -2.23. The van der Waals surface area contributed by atoms with Crippen molar-refractivity contribution < 1.29 is 0 Å². The van der Waals surface area contributed by atoms with Crippen molar-refractivity contribution in [2.75, 3.05) is 5.32 Å². The fourth-order valence-corrected chi connectivity index (χ4v) is 1.55. The van der Waals surface area contributed by atoms with Crippen molar-refractivity contribution in [1.82, 2.24) is 19.7 Å². The van der Waals surface area contributed by atoms with Gasteiger partial charge in [0.2, 0.25) is 0 Å². The maximum Gasteiger partial charge on any atom is 0.293 e. The first-order valence-corrected chi connectivity index (χ1v) is 5.50. The molecule has 0 radical (unpaired) electrons. The van der Waals surface area contributed by atoms with Crippen molar-refractivity contribution >= 4 is 5.82 Å². The molecule has 6 nitrogen and oxygen atoms in total. The second kappa shape index (κ2) is 4.82. The van der Waals surface area contributed by atoms with Gasteiger partial charge in [-0.3, -0.25) is 9.89 Å². The third-order valence-electron chi connectivity index (χ3n) is 2.63. The summed E-state index contributed by atoms with van der Waals surface area (Å²) in [7, 11) is 0. The Hall–Kier alpha value is -2.11. The summed E-state index contributed by atoms with van der Waals surface area (Å²) in [6.07, 6.45) is 5.04. The topological polar surface area (TPSA) is 75.6 Å². The molecule has 6 heteroatoms. The Kier molecular flexibility index (Phi) is 3.22. The summed E-state index contributed by atoms with van der Waals surface area (Å²) in [6, 6.07) is 0. The minimum atomic E-state index is -0.101. The van der Waals surface area contributed by atoms with Gasteiger partial charge in [-0.1, -0.05) is 0 Å². The smallest absolute Gasteiger partial charge is 0.293 e. The minimum Gasteiger partial charge on any atom is -0.361 e. The third kappa shape index (κ3) is 2.35. The largest absolute Gasteiger partial charge is 0.361 e. The highest BCUT2D eigenvalue weighted by atomic mass is 16.1. The zero-order valence-corrected chi connectivity index (χ0v) is 9.90. The van der Waals surface area contributed by atoms with E-state index in [1.165, 1.54) is 0 Å². The maximum absolute atomic E-state index is 11.9. The van der Waals surface area contributed by atoms with Crippen LogP contribution >= 0.6 is 0 Å². The van der Waals surface area contributed by atoms with E-state index >= 15 is 0 Å². The van der Waals surface area contributed by atoms with Crippen LogP contribution in [0.3, 0.4) is 0 Å². The number of hydrogen-bond acceptors (Lipinski definition) is 4. The second-order valence-corrected chi connectivity index (χ2v) is 3.74. The van der Waals surface area contributed by atoms with Gasteiger partial charge < -0.3 is 9.88 Å². The lowest BCUT2D eigenvalue weighted by atomic mass is 10.2. The molecule has 0 aliphatic heterocycles. The summed E-state index contributed by atoms with van der Waals surface area (Å²) < 4.78 is 1.61. The Balaban J connectivity index is 2.15. The van der Waals surface area contributed by atoms with E-state index in [0.29, 0.717) is 18.9 Å². The van der Waals surface area contributed by atoms with Gasteiger partial charge in [0.15, 0.2) is 5.82 Å². The summed E-state index contributed by atoms with van der Waals surface area (Å²) in [4.78, 5) is 15.9. The molecule has 2 heterocycles. The van der Waals surface area contributed by atoms with Crippen molar-refractivity contribution in [3.05, 3.63) is 40.2 Å². The molecule has 0 aliphatic carbocycles. The van der Waals surface area contributed by atoms with Gasteiger partial charge in [-0.2, -0.15) is 5.10 Å². The van der Waals surface area contributed by atoms with Crippen molar-refractivity contribution in [2.45, 2.75) is 26.9 Å². The molecule has 0 amide bonds. The van der Waals surface area contributed by atoms with Gasteiger partial charge in [0.25, 0.3) is 5.56 Å². The molecular formula is C11H15N5O. The highest BCUT2D eigenvalue weighted by Crippen LogP contribution is 2.04. The Morgan fingerprint density at radius 2 is 2.35 bits per heavy atom. The first-order chi connectivity index (χ1) is 8.22. The van der Waals surface area contributed by atoms with Crippen LogP contribution in [0.1, 0.15) is 18.2 Å². The Labute approximate surface area is 98.7 Å². The fraction of sp³-hybridized carbons (Fsp3) is 0.364. The van der Waals surface area contributed by atoms with Gasteiger partial charge in [0.1, 0.15) is 0 Å². The second-order valence-electron chi connectivity index (χ2n) is 3.74. The first-order valence-electron chi connectivity index (χ1n) is 5.50. The number of H-pyrrole nitrogens is 1. The molecule has 0 fully saturated rings. The lowest BCUT2D eigenvalue weighted by Gasteiger charge is -2.06. The average Bonchev–Trinajstić information content (AvgIpc) is 2.74. The van der Waals surface area contributed by atoms with Crippen molar-refractivity contribution in [3.8, 4) is 0 Å². The number of aromatic nitrogens is 4. The average molecular weight is 233 g/mol. The molecule has 90 valence electrons. The van der Waals surface area contributed by atoms with E-state index in [-0.39, 0.29) is 5.56 Å². The molecule has 2 N–H and O–H groups in total. The Bertz CT molecular complexity index is 557. The zero-order chi connectivity index (χ0) is 12.3. The number of aromatic amines is 1. The first kappa shape index (κ1) is 11.4. The normalized spacial score (nSPS) is 10.5. The standard InChI is InChI=1S/C11H15N5O/c1-3-16-5-4-12-10(11(16)17)13-6-9-7-14-15-8(9)2/h4-5,7H,3,6H2,1-2H3,(H,12,13)(H,14,15). The SMILES string of the molecule is CCn1ccnc(NCc2cn[nH]c2C)c1=O. The number of hydrogen-bond donors (Lipinski definition) is 2. The summed E-state index contributed by atoms with van der Waals surface area (Å²) in [5.74, 6) is 0.370. The van der Waals surface area contributed by atoms with Crippen LogP contribution < -0.4 is 10.9 Å². The van der Waals surface area contributed by atoms with E-state index < -0.39 is 0 Å². The monoisotopic (exact) mass is 233 g/mol. The predicted octanol–water partition coefficient (Wildman–Crippen LogP) is 0.907. The van der Waals surface area contributed by atoms with Gasteiger partial charge in [-0.05, 0) is 13.8 Å². The molecular weight excluding hydrogens is 218 g/mol. The van der Waals surface area contributed by atoms with Gasteiger partial charge in [0.05, 0.1) is 6.20 Å². The van der Waals surface area contributed by atoms with Gasteiger partial charge in [-0.15, -0.1) is 0 Å².